The summed E-state index contributed by atoms with van der Waals surface area (Å²) in [6, 6.07) is 12.5. The minimum atomic E-state index is 0.998. The minimum Gasteiger partial charge on any atom is -0.495 e. The first-order valence-corrected chi connectivity index (χ1v) is 5.71. The fourth-order valence-corrected chi connectivity index (χ4v) is 2.94. The molecule has 1 nitrogen and oxygen atoms in total. The van der Waals surface area contributed by atoms with Crippen molar-refractivity contribution in [3.63, 3.8) is 0 Å². The van der Waals surface area contributed by atoms with Crippen molar-refractivity contribution in [2.75, 3.05) is 7.11 Å². The Hall–Kier alpha value is -1.54. The van der Waals surface area contributed by atoms with Crippen molar-refractivity contribution < 1.29 is 4.74 Å². The third-order valence-corrected chi connectivity index (χ3v) is 3.59. The first-order valence-electron chi connectivity index (χ1n) is 4.83. The monoisotopic (exact) mass is 214 g/mol. The summed E-state index contributed by atoms with van der Waals surface area (Å²) in [6.07, 6.45) is 0. The highest BCUT2D eigenvalue weighted by atomic mass is 32.1. The normalized spacial score (nSPS) is 11.0. The summed E-state index contributed by atoms with van der Waals surface area (Å²) in [5, 5.41) is 3.34. The van der Waals surface area contributed by atoms with Gasteiger partial charge in [-0.3, -0.25) is 0 Å². The van der Waals surface area contributed by atoms with Crippen molar-refractivity contribution in [1.29, 1.82) is 0 Å². The van der Waals surface area contributed by atoms with Crippen LogP contribution >= 0.6 is 11.3 Å². The van der Waals surface area contributed by atoms with E-state index in [4.69, 9.17) is 4.74 Å². The summed E-state index contributed by atoms with van der Waals surface area (Å²) in [7, 11) is 1.74. The number of hydrogen-bond donors (Lipinski definition) is 0. The van der Waals surface area contributed by atoms with Crippen molar-refractivity contribution in [2.24, 2.45) is 0 Å². The van der Waals surface area contributed by atoms with Gasteiger partial charge in [-0.25, -0.2) is 0 Å². The van der Waals surface area contributed by atoms with Gasteiger partial charge < -0.3 is 4.74 Å². The Bertz CT molecular complexity index is 582. The van der Waals surface area contributed by atoms with Gasteiger partial charge in [-0.1, -0.05) is 30.3 Å². The second-order valence-electron chi connectivity index (χ2n) is 3.43. The molecule has 15 heavy (non-hydrogen) atoms. The maximum Gasteiger partial charge on any atom is 0.135 e. The van der Waals surface area contributed by atoms with Crippen LogP contribution in [0.15, 0.2) is 41.8 Å². The summed E-state index contributed by atoms with van der Waals surface area (Å²) in [5.41, 5.74) is 2.48. The lowest BCUT2D eigenvalue weighted by Gasteiger charge is -1.99. The molecule has 2 aliphatic rings. The van der Waals surface area contributed by atoms with Gasteiger partial charge in [0.25, 0.3) is 0 Å². The molecule has 3 rings (SSSR count). The van der Waals surface area contributed by atoms with E-state index in [1.807, 2.05) is 6.07 Å². The molecular formula is C13H10OS. The Balaban J connectivity index is 2.52. The van der Waals surface area contributed by atoms with E-state index in [-0.39, 0.29) is 0 Å². The molecule has 0 bridgehead atoms. The van der Waals surface area contributed by atoms with E-state index < -0.39 is 0 Å². The average molecular weight is 214 g/mol. The molecule has 0 unspecified atom stereocenters. The maximum atomic E-state index is 5.49. The zero-order valence-corrected chi connectivity index (χ0v) is 9.17. The van der Waals surface area contributed by atoms with Gasteiger partial charge in [-0.15, -0.1) is 11.3 Å². The van der Waals surface area contributed by atoms with Gasteiger partial charge in [0.2, 0.25) is 0 Å². The molecule has 0 radical (unpaired) electrons. The van der Waals surface area contributed by atoms with Crippen LogP contribution in [0.1, 0.15) is 0 Å². The molecule has 0 aliphatic heterocycles. The highest BCUT2D eigenvalue weighted by Gasteiger charge is 2.17. The lowest BCUT2D eigenvalue weighted by molar-refractivity contribution is 0.422. The van der Waals surface area contributed by atoms with Gasteiger partial charge in [-0.05, 0) is 11.4 Å². The van der Waals surface area contributed by atoms with E-state index in [1.54, 1.807) is 18.4 Å². The van der Waals surface area contributed by atoms with Crippen LogP contribution in [0, 0.1) is 0 Å². The predicted molar refractivity (Wildman–Crippen MR) is 65.0 cm³/mol. The molecule has 0 N–H and O–H groups in total. The summed E-state index contributed by atoms with van der Waals surface area (Å²) < 4.78 is 6.81. The molecule has 0 saturated heterocycles. The second-order valence-corrected chi connectivity index (χ2v) is 4.35. The third kappa shape index (κ3) is 1.15. The Morgan fingerprint density at radius 1 is 1.00 bits per heavy atom. The average Bonchev–Trinajstić information content (AvgIpc) is 2.72. The summed E-state index contributed by atoms with van der Waals surface area (Å²) >= 11 is 1.77. The smallest absolute Gasteiger partial charge is 0.135 e. The first kappa shape index (κ1) is 8.74. The minimum absolute atomic E-state index is 0.998. The Morgan fingerprint density at radius 2 is 1.80 bits per heavy atom. The molecule has 0 saturated carbocycles. The van der Waals surface area contributed by atoms with Crippen LogP contribution in [-0.2, 0) is 0 Å². The third-order valence-electron chi connectivity index (χ3n) is 2.64. The molecule has 0 spiro atoms. The number of rotatable bonds is 1. The quantitative estimate of drug-likeness (QED) is 0.594. The molecular weight excluding hydrogens is 204 g/mol. The van der Waals surface area contributed by atoms with E-state index in [2.05, 4.69) is 35.7 Å². The molecule has 2 heteroatoms. The number of ether oxygens (including phenoxy) is 1. The highest BCUT2D eigenvalue weighted by Crippen LogP contribution is 2.46. The number of hydrogen-bond acceptors (Lipinski definition) is 2. The van der Waals surface area contributed by atoms with Crippen LogP contribution in [0.25, 0.3) is 21.2 Å². The maximum absolute atomic E-state index is 5.49. The molecule has 0 atom stereocenters. The van der Waals surface area contributed by atoms with E-state index in [0.717, 1.165) is 5.75 Å². The highest BCUT2D eigenvalue weighted by molar-refractivity contribution is 7.18. The second kappa shape index (κ2) is 3.24. The van der Waals surface area contributed by atoms with Crippen LogP contribution in [0.4, 0.5) is 0 Å². The topological polar surface area (TPSA) is 9.23 Å². The van der Waals surface area contributed by atoms with E-state index >= 15 is 0 Å². The Labute approximate surface area is 92.3 Å². The fraction of sp³-hybridized carbons (Fsp3) is 0.0769. The van der Waals surface area contributed by atoms with Gasteiger partial charge >= 0.3 is 0 Å². The lowest BCUT2D eigenvalue weighted by Crippen LogP contribution is -1.80. The lowest BCUT2D eigenvalue weighted by atomic mass is 10.2. The van der Waals surface area contributed by atoms with Gasteiger partial charge in [0.1, 0.15) is 5.75 Å². The van der Waals surface area contributed by atoms with Crippen molar-refractivity contribution in [1.82, 2.24) is 0 Å². The number of fused-ring (bicyclic) bond motifs is 3. The molecule has 1 heterocycles. The van der Waals surface area contributed by atoms with E-state index in [9.17, 15) is 0 Å². The van der Waals surface area contributed by atoms with Gasteiger partial charge in [0.05, 0.1) is 7.11 Å². The first-order chi connectivity index (χ1) is 7.42. The SMILES string of the molecule is COc1c2cccccc-2c2sccc12. The van der Waals surface area contributed by atoms with Crippen LogP contribution in [0.2, 0.25) is 0 Å². The molecule has 1 aromatic rings. The standard InChI is InChI=1S/C13H10OS/c1-14-12-9-5-3-2-4-6-10(9)13-11(12)7-8-15-13/h2-8H,1H3. The fourth-order valence-electron chi connectivity index (χ4n) is 2.00. The molecule has 0 fully saturated rings. The Morgan fingerprint density at radius 3 is 2.60 bits per heavy atom. The van der Waals surface area contributed by atoms with Gasteiger partial charge in [0, 0.05) is 21.2 Å². The van der Waals surface area contributed by atoms with Crippen molar-refractivity contribution >= 4 is 21.4 Å². The van der Waals surface area contributed by atoms with Crippen molar-refractivity contribution in [3.8, 4) is 16.9 Å². The molecule has 0 aromatic carbocycles. The van der Waals surface area contributed by atoms with Crippen molar-refractivity contribution in [2.45, 2.75) is 0 Å². The summed E-state index contributed by atoms with van der Waals surface area (Å²) in [6.45, 7) is 0. The van der Waals surface area contributed by atoms with Crippen LogP contribution in [0.3, 0.4) is 0 Å². The zero-order chi connectivity index (χ0) is 10.3. The zero-order valence-electron chi connectivity index (χ0n) is 8.36. The van der Waals surface area contributed by atoms with Crippen LogP contribution < -0.4 is 4.74 Å². The molecule has 2 aliphatic carbocycles. The van der Waals surface area contributed by atoms with Crippen LogP contribution in [-0.4, -0.2) is 7.11 Å². The molecule has 1 aromatic heterocycles. The molecule has 74 valence electrons. The van der Waals surface area contributed by atoms with Gasteiger partial charge in [0.15, 0.2) is 0 Å². The Kier molecular flexibility index (Phi) is 1.89. The summed E-state index contributed by atoms with van der Waals surface area (Å²) in [5.74, 6) is 0.998. The van der Waals surface area contributed by atoms with Crippen molar-refractivity contribution in [3.05, 3.63) is 41.8 Å². The van der Waals surface area contributed by atoms with Crippen LogP contribution in [0.5, 0.6) is 5.75 Å². The number of methoxy groups -OCH3 is 1. The number of thiophene rings is 1. The largest absolute Gasteiger partial charge is 0.495 e. The van der Waals surface area contributed by atoms with E-state index in [0.29, 0.717) is 0 Å². The summed E-state index contributed by atoms with van der Waals surface area (Å²) in [4.78, 5) is 0. The van der Waals surface area contributed by atoms with Gasteiger partial charge in [-0.2, -0.15) is 0 Å². The van der Waals surface area contributed by atoms with E-state index in [1.165, 1.54) is 21.2 Å². The molecule has 0 amide bonds. The predicted octanol–water partition coefficient (Wildman–Crippen LogP) is 4.01.